The highest BCUT2D eigenvalue weighted by Crippen LogP contribution is 2.46. The van der Waals surface area contributed by atoms with Crippen molar-refractivity contribution in [3.05, 3.63) is 95.1 Å². The number of likely N-dealkylation sites (tertiary alicyclic amines) is 1. The molecule has 2 heterocycles. The van der Waals surface area contributed by atoms with Crippen LogP contribution in [0, 0.1) is 6.92 Å². The number of anilines is 1. The number of carbonyl (C=O) groups is 1. The van der Waals surface area contributed by atoms with Gasteiger partial charge in [0.1, 0.15) is 12.4 Å². The van der Waals surface area contributed by atoms with Crippen LogP contribution in [0.15, 0.2) is 72.8 Å². The summed E-state index contributed by atoms with van der Waals surface area (Å²) in [6.45, 7) is 4.55. The van der Waals surface area contributed by atoms with E-state index in [-0.39, 0.29) is 11.9 Å². The first-order valence-electron chi connectivity index (χ1n) is 11.0. The van der Waals surface area contributed by atoms with Crippen molar-refractivity contribution in [2.24, 2.45) is 0 Å². The van der Waals surface area contributed by atoms with E-state index in [4.69, 9.17) is 4.74 Å². The van der Waals surface area contributed by atoms with Crippen LogP contribution in [0.2, 0.25) is 0 Å². The Morgan fingerprint density at radius 3 is 2.65 bits per heavy atom. The SMILES string of the molecule is Cc1ccc2c(c1)[C@@H]1CN(C)CC[C@@H]1N2C(=O)c1ccccc1OCc1ccccc1. The molecule has 1 saturated heterocycles. The minimum absolute atomic E-state index is 0.0332. The molecule has 0 bridgehead atoms. The van der Waals surface area contributed by atoms with Crippen LogP contribution in [0.1, 0.15) is 39.4 Å². The number of hydrogen-bond acceptors (Lipinski definition) is 3. The zero-order valence-electron chi connectivity index (χ0n) is 18.1. The van der Waals surface area contributed by atoms with Gasteiger partial charge < -0.3 is 14.5 Å². The number of nitrogens with zero attached hydrogens (tertiary/aromatic N) is 2. The number of ether oxygens (including phenoxy) is 1. The lowest BCUT2D eigenvalue weighted by Crippen LogP contribution is -2.47. The van der Waals surface area contributed by atoms with Gasteiger partial charge in [-0.1, -0.05) is 60.2 Å². The topological polar surface area (TPSA) is 32.8 Å². The second-order valence-electron chi connectivity index (χ2n) is 8.73. The lowest BCUT2D eigenvalue weighted by atomic mass is 9.88. The van der Waals surface area contributed by atoms with Crippen molar-refractivity contribution in [2.75, 3.05) is 25.0 Å². The molecule has 2 aliphatic rings. The van der Waals surface area contributed by atoms with Crippen LogP contribution in [0.5, 0.6) is 5.75 Å². The first-order valence-corrected chi connectivity index (χ1v) is 11.0. The summed E-state index contributed by atoms with van der Waals surface area (Å²) in [4.78, 5) is 18.3. The molecule has 0 aliphatic carbocycles. The number of aryl methyl sites for hydroxylation is 1. The first-order chi connectivity index (χ1) is 15.1. The van der Waals surface area contributed by atoms with Gasteiger partial charge in [0.05, 0.1) is 5.56 Å². The molecule has 0 aromatic heterocycles. The summed E-state index contributed by atoms with van der Waals surface area (Å²) in [5, 5.41) is 0. The molecule has 0 unspecified atom stereocenters. The maximum absolute atomic E-state index is 13.9. The third kappa shape index (κ3) is 3.72. The number of hydrogen-bond donors (Lipinski definition) is 0. The first kappa shape index (κ1) is 19.8. The molecule has 1 amide bonds. The number of para-hydroxylation sites is 1. The van der Waals surface area contributed by atoms with Crippen LogP contribution in [0.25, 0.3) is 0 Å². The highest BCUT2D eigenvalue weighted by molar-refractivity contribution is 6.09. The molecule has 4 nitrogen and oxygen atoms in total. The van der Waals surface area contributed by atoms with E-state index in [9.17, 15) is 4.79 Å². The van der Waals surface area contributed by atoms with Gasteiger partial charge in [-0.15, -0.1) is 0 Å². The Balaban J connectivity index is 1.48. The zero-order valence-corrected chi connectivity index (χ0v) is 18.1. The summed E-state index contributed by atoms with van der Waals surface area (Å²) in [7, 11) is 2.17. The van der Waals surface area contributed by atoms with Gasteiger partial charge in [-0.05, 0) is 56.3 Å². The fraction of sp³-hybridized carbons (Fsp3) is 0.296. The van der Waals surface area contributed by atoms with Crippen molar-refractivity contribution >= 4 is 11.6 Å². The van der Waals surface area contributed by atoms with Crippen LogP contribution in [0.4, 0.5) is 5.69 Å². The minimum Gasteiger partial charge on any atom is -0.488 e. The van der Waals surface area contributed by atoms with E-state index >= 15 is 0 Å². The fourth-order valence-electron chi connectivity index (χ4n) is 4.98. The number of fused-ring (bicyclic) bond motifs is 3. The summed E-state index contributed by atoms with van der Waals surface area (Å²) in [6.07, 6.45) is 0.980. The summed E-state index contributed by atoms with van der Waals surface area (Å²) in [5.74, 6) is 1.03. The molecule has 31 heavy (non-hydrogen) atoms. The Morgan fingerprint density at radius 2 is 1.81 bits per heavy atom. The Hall–Kier alpha value is -3.11. The van der Waals surface area contributed by atoms with E-state index in [0.29, 0.717) is 23.8 Å². The third-order valence-corrected chi connectivity index (χ3v) is 6.53. The molecular formula is C27H28N2O2. The molecule has 1 fully saturated rings. The van der Waals surface area contributed by atoms with Crippen molar-refractivity contribution in [1.82, 2.24) is 4.90 Å². The quantitative estimate of drug-likeness (QED) is 0.603. The van der Waals surface area contributed by atoms with Gasteiger partial charge in [0.25, 0.3) is 5.91 Å². The molecule has 0 N–H and O–H groups in total. The number of piperidine rings is 1. The van der Waals surface area contributed by atoms with Crippen molar-refractivity contribution in [3.63, 3.8) is 0 Å². The molecule has 158 valence electrons. The average molecular weight is 413 g/mol. The van der Waals surface area contributed by atoms with Crippen molar-refractivity contribution < 1.29 is 9.53 Å². The average Bonchev–Trinajstić information content (AvgIpc) is 3.11. The zero-order chi connectivity index (χ0) is 21.4. The molecule has 0 spiro atoms. The normalized spacial score (nSPS) is 20.3. The molecule has 3 aromatic rings. The molecule has 5 rings (SSSR count). The number of likely N-dealkylation sites (N-methyl/N-ethyl adjacent to an activating group) is 1. The van der Waals surface area contributed by atoms with Crippen LogP contribution >= 0.6 is 0 Å². The number of benzene rings is 3. The smallest absolute Gasteiger partial charge is 0.262 e. The number of carbonyl (C=O) groups excluding carboxylic acids is 1. The lowest BCUT2D eigenvalue weighted by Gasteiger charge is -2.36. The molecule has 2 atom stereocenters. The third-order valence-electron chi connectivity index (χ3n) is 6.53. The summed E-state index contributed by atoms with van der Waals surface area (Å²) in [6, 6.07) is 24.4. The van der Waals surface area contributed by atoms with Crippen LogP contribution in [-0.4, -0.2) is 37.0 Å². The van der Waals surface area contributed by atoms with E-state index in [2.05, 4.69) is 37.1 Å². The summed E-state index contributed by atoms with van der Waals surface area (Å²) in [5.41, 5.74) is 5.31. The largest absolute Gasteiger partial charge is 0.488 e. The van der Waals surface area contributed by atoms with Crippen LogP contribution in [0.3, 0.4) is 0 Å². The monoisotopic (exact) mass is 412 g/mol. The molecule has 0 radical (unpaired) electrons. The minimum atomic E-state index is 0.0332. The Morgan fingerprint density at radius 1 is 1.03 bits per heavy atom. The van der Waals surface area contributed by atoms with Gasteiger partial charge >= 0.3 is 0 Å². The molecule has 0 saturated carbocycles. The van der Waals surface area contributed by atoms with E-state index in [1.807, 2.05) is 59.5 Å². The number of amides is 1. The molecule has 2 aliphatic heterocycles. The van der Waals surface area contributed by atoms with Gasteiger partial charge in [0.2, 0.25) is 0 Å². The van der Waals surface area contributed by atoms with Gasteiger partial charge in [0.15, 0.2) is 0 Å². The Labute approximate surface area is 184 Å². The van der Waals surface area contributed by atoms with Crippen LogP contribution < -0.4 is 9.64 Å². The Kier molecular flexibility index (Phi) is 5.24. The van der Waals surface area contributed by atoms with Gasteiger partial charge in [0, 0.05) is 24.2 Å². The van der Waals surface area contributed by atoms with E-state index in [0.717, 1.165) is 30.8 Å². The van der Waals surface area contributed by atoms with Gasteiger partial charge in [-0.25, -0.2) is 0 Å². The predicted octanol–water partition coefficient (Wildman–Crippen LogP) is 5.02. The van der Waals surface area contributed by atoms with Gasteiger partial charge in [-0.3, -0.25) is 4.79 Å². The molecular weight excluding hydrogens is 384 g/mol. The Bertz CT molecular complexity index is 1100. The predicted molar refractivity (Wildman–Crippen MR) is 124 cm³/mol. The van der Waals surface area contributed by atoms with Crippen molar-refractivity contribution in [3.8, 4) is 5.75 Å². The lowest BCUT2D eigenvalue weighted by molar-refractivity contribution is 0.0960. The van der Waals surface area contributed by atoms with E-state index < -0.39 is 0 Å². The van der Waals surface area contributed by atoms with Gasteiger partial charge in [-0.2, -0.15) is 0 Å². The second kappa shape index (κ2) is 8.20. The summed E-state index contributed by atoms with van der Waals surface area (Å²) >= 11 is 0. The standard InChI is InChI=1S/C27H28N2O2/c1-19-12-13-24-22(16-19)23-17-28(2)15-14-25(23)29(24)27(30)21-10-6-7-11-26(21)31-18-20-8-4-3-5-9-20/h3-13,16,23,25H,14-15,17-18H2,1-2H3/t23-,25-/m0/s1. The highest BCUT2D eigenvalue weighted by Gasteiger charge is 2.44. The van der Waals surface area contributed by atoms with E-state index in [1.165, 1.54) is 11.1 Å². The fourth-order valence-corrected chi connectivity index (χ4v) is 4.98. The van der Waals surface area contributed by atoms with E-state index in [1.54, 1.807) is 0 Å². The molecule has 4 heteroatoms. The second-order valence-corrected chi connectivity index (χ2v) is 8.73. The number of rotatable bonds is 4. The summed E-state index contributed by atoms with van der Waals surface area (Å²) < 4.78 is 6.11. The maximum Gasteiger partial charge on any atom is 0.262 e. The van der Waals surface area contributed by atoms with Crippen LogP contribution in [-0.2, 0) is 6.61 Å². The van der Waals surface area contributed by atoms with Crippen molar-refractivity contribution in [2.45, 2.75) is 31.9 Å². The van der Waals surface area contributed by atoms with Crippen molar-refractivity contribution in [1.29, 1.82) is 0 Å². The highest BCUT2D eigenvalue weighted by atomic mass is 16.5. The molecule has 3 aromatic carbocycles. The maximum atomic E-state index is 13.9.